The quantitative estimate of drug-likeness (QED) is 0.249. The summed E-state index contributed by atoms with van der Waals surface area (Å²) in [5, 5.41) is 9.98. The molecule has 0 spiro atoms. The first-order chi connectivity index (χ1) is 16.6. The summed E-state index contributed by atoms with van der Waals surface area (Å²) in [6, 6.07) is 22.7. The average Bonchev–Trinajstić information content (AvgIpc) is 2.86. The number of aryl methyl sites for hydroxylation is 1. The lowest BCUT2D eigenvalue weighted by Crippen LogP contribution is -1.89. The first-order valence-corrected chi connectivity index (χ1v) is 10.7. The Hall–Kier alpha value is -4.65. The maximum atomic E-state index is 15.0. The Morgan fingerprint density at radius 1 is 0.735 bits per heavy atom. The zero-order valence-corrected chi connectivity index (χ0v) is 18.3. The van der Waals surface area contributed by atoms with Crippen LogP contribution < -0.4 is 0 Å². The van der Waals surface area contributed by atoms with Crippen molar-refractivity contribution in [3.63, 3.8) is 0 Å². The van der Waals surface area contributed by atoms with Crippen LogP contribution in [0.15, 0.2) is 85.5 Å². The van der Waals surface area contributed by atoms with E-state index < -0.39 is 11.6 Å². The fourth-order valence-corrected chi connectivity index (χ4v) is 3.46. The van der Waals surface area contributed by atoms with Gasteiger partial charge in [-0.05, 0) is 72.3 Å². The second-order valence-electron chi connectivity index (χ2n) is 7.69. The molecular formula is C31H19F2N. The van der Waals surface area contributed by atoms with Gasteiger partial charge in [0.2, 0.25) is 0 Å². The number of allylic oxidation sites excluding steroid dienone is 1. The first kappa shape index (κ1) is 22.5. The van der Waals surface area contributed by atoms with Gasteiger partial charge in [-0.2, -0.15) is 5.26 Å². The van der Waals surface area contributed by atoms with Crippen molar-refractivity contribution in [2.24, 2.45) is 0 Å². The summed E-state index contributed by atoms with van der Waals surface area (Å²) in [5.41, 5.74) is 3.48. The summed E-state index contributed by atoms with van der Waals surface area (Å²) in [7, 11) is 0. The smallest absolute Gasteiger partial charge is 0.146 e. The number of halogens is 2. The van der Waals surface area contributed by atoms with Gasteiger partial charge < -0.3 is 0 Å². The number of fused-ring (bicyclic) bond motifs is 1. The molecule has 0 saturated heterocycles. The van der Waals surface area contributed by atoms with Gasteiger partial charge in [-0.15, -0.1) is 6.58 Å². The molecule has 34 heavy (non-hydrogen) atoms. The number of benzene rings is 4. The fraction of sp³-hybridized carbons (Fsp3) is 0.0645. The van der Waals surface area contributed by atoms with Crippen LogP contribution in [-0.4, -0.2) is 0 Å². The lowest BCUT2D eigenvalue weighted by molar-refractivity contribution is 0.623. The van der Waals surface area contributed by atoms with Crippen molar-refractivity contribution < 1.29 is 8.78 Å². The van der Waals surface area contributed by atoms with E-state index in [4.69, 9.17) is 5.26 Å². The Morgan fingerprint density at radius 2 is 1.38 bits per heavy atom. The molecule has 0 N–H and O–H groups in total. The van der Waals surface area contributed by atoms with E-state index in [-0.39, 0.29) is 11.1 Å². The van der Waals surface area contributed by atoms with Gasteiger partial charge in [0.25, 0.3) is 0 Å². The Morgan fingerprint density at radius 3 is 2.12 bits per heavy atom. The number of hydrogen-bond acceptors (Lipinski definition) is 1. The van der Waals surface area contributed by atoms with Gasteiger partial charge in [0.05, 0.1) is 11.1 Å². The number of hydrogen-bond donors (Lipinski definition) is 0. The molecule has 0 aliphatic carbocycles. The van der Waals surface area contributed by atoms with E-state index in [1.165, 1.54) is 23.8 Å². The lowest BCUT2D eigenvalue weighted by Gasteiger charge is -2.03. The summed E-state index contributed by atoms with van der Waals surface area (Å²) in [6.07, 6.45) is 3.81. The molecule has 4 aromatic rings. The maximum absolute atomic E-state index is 15.0. The van der Waals surface area contributed by atoms with Crippen LogP contribution in [0.1, 0.15) is 39.8 Å². The van der Waals surface area contributed by atoms with Crippen molar-refractivity contribution >= 4 is 10.8 Å². The third-order valence-corrected chi connectivity index (χ3v) is 5.33. The Kier molecular flexibility index (Phi) is 6.84. The highest BCUT2D eigenvalue weighted by Crippen LogP contribution is 2.22. The molecule has 3 heteroatoms. The van der Waals surface area contributed by atoms with Crippen LogP contribution in [0.2, 0.25) is 0 Å². The molecule has 0 aromatic heterocycles. The van der Waals surface area contributed by atoms with Crippen molar-refractivity contribution in [1.82, 2.24) is 0 Å². The third kappa shape index (κ3) is 5.21. The fourth-order valence-electron chi connectivity index (χ4n) is 3.46. The molecule has 162 valence electrons. The summed E-state index contributed by atoms with van der Waals surface area (Å²) in [6.45, 7) is 3.74. The van der Waals surface area contributed by atoms with Crippen molar-refractivity contribution in [3.05, 3.63) is 130 Å². The molecule has 0 radical (unpaired) electrons. The van der Waals surface area contributed by atoms with E-state index in [1.54, 1.807) is 30.3 Å². The van der Waals surface area contributed by atoms with Crippen molar-refractivity contribution in [1.29, 1.82) is 5.26 Å². The predicted molar refractivity (Wildman–Crippen MR) is 132 cm³/mol. The molecule has 0 bridgehead atoms. The molecule has 4 aromatic carbocycles. The van der Waals surface area contributed by atoms with Crippen molar-refractivity contribution in [2.45, 2.75) is 12.8 Å². The molecule has 0 aliphatic rings. The van der Waals surface area contributed by atoms with Crippen LogP contribution in [0.4, 0.5) is 8.78 Å². The molecule has 0 fully saturated rings. The van der Waals surface area contributed by atoms with Crippen LogP contribution in [0, 0.1) is 46.6 Å². The Labute approximate surface area is 198 Å². The van der Waals surface area contributed by atoms with Crippen molar-refractivity contribution in [3.8, 4) is 29.8 Å². The number of rotatable bonds is 3. The Bertz CT molecular complexity index is 1550. The van der Waals surface area contributed by atoms with E-state index in [1.807, 2.05) is 24.3 Å². The second kappa shape index (κ2) is 10.3. The Balaban J connectivity index is 1.56. The lowest BCUT2D eigenvalue weighted by atomic mass is 10.0. The zero-order chi connectivity index (χ0) is 23.9. The maximum Gasteiger partial charge on any atom is 0.146 e. The first-order valence-electron chi connectivity index (χ1n) is 10.7. The molecular weight excluding hydrogens is 424 g/mol. The molecule has 0 heterocycles. The number of nitrogens with zero attached hydrogens (tertiary/aromatic N) is 1. The molecule has 4 rings (SSSR count). The highest BCUT2D eigenvalue weighted by atomic mass is 19.1. The molecule has 0 atom stereocenters. The minimum atomic E-state index is -0.648. The monoisotopic (exact) mass is 443 g/mol. The SMILES string of the molecule is C=CCCc1ccc(C#Cc2ccc3c(F)c(C#Cc4ccc(C#N)c(F)c4)ccc3c2)cc1. The topological polar surface area (TPSA) is 23.8 Å². The highest BCUT2D eigenvalue weighted by Gasteiger charge is 2.06. The molecule has 0 aliphatic heterocycles. The van der Waals surface area contributed by atoms with E-state index in [0.717, 1.165) is 29.4 Å². The summed E-state index contributed by atoms with van der Waals surface area (Å²) in [5.74, 6) is 10.7. The van der Waals surface area contributed by atoms with E-state index >= 15 is 4.39 Å². The van der Waals surface area contributed by atoms with Gasteiger partial charge >= 0.3 is 0 Å². The summed E-state index contributed by atoms with van der Waals surface area (Å²) < 4.78 is 28.8. The normalized spacial score (nSPS) is 9.91. The minimum Gasteiger partial charge on any atom is -0.206 e. The third-order valence-electron chi connectivity index (χ3n) is 5.33. The second-order valence-corrected chi connectivity index (χ2v) is 7.69. The minimum absolute atomic E-state index is 0.0538. The van der Waals surface area contributed by atoms with Gasteiger partial charge in [-0.25, -0.2) is 8.78 Å². The van der Waals surface area contributed by atoms with Crippen LogP contribution in [0.25, 0.3) is 10.8 Å². The average molecular weight is 443 g/mol. The predicted octanol–water partition coefficient (Wildman–Crippen LogP) is 6.91. The molecule has 0 amide bonds. The van der Waals surface area contributed by atoms with Gasteiger partial charge in [0, 0.05) is 22.1 Å². The summed E-state index contributed by atoms with van der Waals surface area (Å²) >= 11 is 0. The van der Waals surface area contributed by atoms with E-state index in [0.29, 0.717) is 10.9 Å². The van der Waals surface area contributed by atoms with E-state index in [9.17, 15) is 4.39 Å². The largest absolute Gasteiger partial charge is 0.206 e. The van der Waals surface area contributed by atoms with Gasteiger partial charge in [-0.1, -0.05) is 54.0 Å². The van der Waals surface area contributed by atoms with Gasteiger partial charge in [-0.3, -0.25) is 0 Å². The van der Waals surface area contributed by atoms with E-state index in [2.05, 4.69) is 42.4 Å². The number of nitriles is 1. The summed E-state index contributed by atoms with van der Waals surface area (Å²) in [4.78, 5) is 0. The van der Waals surface area contributed by atoms with Gasteiger partial charge in [0.1, 0.15) is 17.7 Å². The molecule has 0 unspecified atom stereocenters. The van der Waals surface area contributed by atoms with Crippen LogP contribution in [0.3, 0.4) is 0 Å². The zero-order valence-electron chi connectivity index (χ0n) is 18.3. The van der Waals surface area contributed by atoms with Crippen LogP contribution in [0.5, 0.6) is 0 Å². The van der Waals surface area contributed by atoms with Crippen LogP contribution >= 0.6 is 0 Å². The highest BCUT2D eigenvalue weighted by molar-refractivity contribution is 5.86. The standard InChI is InChI=1S/C31H19F2N/c1-2-3-4-22-5-7-23(8-6-22)9-10-24-13-18-29-27(19-24)17-16-26(31(29)33)14-11-25-12-15-28(21-34)30(32)20-25/h2,5-8,12-13,15-20H,1,3-4H2. The van der Waals surface area contributed by atoms with Crippen molar-refractivity contribution in [2.75, 3.05) is 0 Å². The molecule has 1 nitrogen and oxygen atoms in total. The van der Waals surface area contributed by atoms with Gasteiger partial charge in [0.15, 0.2) is 0 Å². The van der Waals surface area contributed by atoms with Crippen LogP contribution in [-0.2, 0) is 6.42 Å². The molecule has 0 saturated carbocycles.